The summed E-state index contributed by atoms with van der Waals surface area (Å²) in [5.41, 5.74) is 2.06. The van der Waals surface area contributed by atoms with Crippen LogP contribution >= 0.6 is 0 Å². The van der Waals surface area contributed by atoms with Crippen LogP contribution in [0.3, 0.4) is 0 Å². The first kappa shape index (κ1) is 20.2. The molecule has 1 aliphatic rings. The summed E-state index contributed by atoms with van der Waals surface area (Å²) in [6.45, 7) is 0.00520. The smallest absolute Gasteiger partial charge is 0.261 e. The van der Waals surface area contributed by atoms with Crippen molar-refractivity contribution in [3.63, 3.8) is 0 Å². The van der Waals surface area contributed by atoms with Crippen molar-refractivity contribution in [2.24, 2.45) is 0 Å². The molecule has 0 bridgehead atoms. The molecule has 0 aromatic heterocycles. The third-order valence-electron chi connectivity index (χ3n) is 5.11. The van der Waals surface area contributed by atoms with Crippen LogP contribution in [0.1, 0.15) is 36.6 Å². The molecular formula is C24H20N2O5. The van der Waals surface area contributed by atoms with Crippen LogP contribution < -0.4 is 14.8 Å². The van der Waals surface area contributed by atoms with Gasteiger partial charge in [0.05, 0.1) is 37.5 Å². The summed E-state index contributed by atoms with van der Waals surface area (Å²) in [6, 6.07) is 18.7. The van der Waals surface area contributed by atoms with Crippen molar-refractivity contribution in [1.82, 2.24) is 4.90 Å². The van der Waals surface area contributed by atoms with Crippen LogP contribution in [-0.4, -0.2) is 36.8 Å². The van der Waals surface area contributed by atoms with Gasteiger partial charge in [-0.05, 0) is 42.5 Å². The van der Waals surface area contributed by atoms with E-state index in [0.29, 0.717) is 28.3 Å². The molecule has 0 saturated carbocycles. The minimum absolute atomic E-state index is 0.00520. The van der Waals surface area contributed by atoms with E-state index in [1.54, 1.807) is 54.6 Å². The fourth-order valence-corrected chi connectivity index (χ4v) is 3.55. The van der Waals surface area contributed by atoms with Gasteiger partial charge in [0.2, 0.25) is 0 Å². The van der Waals surface area contributed by atoms with E-state index in [9.17, 15) is 14.4 Å². The predicted molar refractivity (Wildman–Crippen MR) is 115 cm³/mol. The molecule has 1 N–H and O–H groups in total. The molecule has 0 unspecified atom stereocenters. The predicted octanol–water partition coefficient (Wildman–Crippen LogP) is 3.75. The van der Waals surface area contributed by atoms with Crippen molar-refractivity contribution in [1.29, 1.82) is 0 Å². The van der Waals surface area contributed by atoms with Crippen molar-refractivity contribution >= 4 is 23.4 Å². The number of nitrogens with zero attached hydrogens (tertiary/aromatic N) is 1. The quantitative estimate of drug-likeness (QED) is 0.619. The molecule has 0 fully saturated rings. The van der Waals surface area contributed by atoms with Crippen molar-refractivity contribution in [2.75, 3.05) is 19.5 Å². The van der Waals surface area contributed by atoms with Crippen LogP contribution in [0.5, 0.6) is 11.5 Å². The zero-order valence-electron chi connectivity index (χ0n) is 17.0. The van der Waals surface area contributed by atoms with Gasteiger partial charge in [-0.1, -0.05) is 24.3 Å². The average molecular weight is 416 g/mol. The van der Waals surface area contributed by atoms with Gasteiger partial charge in [0.1, 0.15) is 11.5 Å². The van der Waals surface area contributed by atoms with Crippen molar-refractivity contribution in [2.45, 2.75) is 6.54 Å². The highest BCUT2D eigenvalue weighted by Crippen LogP contribution is 2.33. The summed E-state index contributed by atoms with van der Waals surface area (Å²) in [5, 5.41) is 2.76. The number of amides is 3. The second-order valence-electron chi connectivity index (χ2n) is 6.92. The van der Waals surface area contributed by atoms with Gasteiger partial charge in [0, 0.05) is 11.3 Å². The normalized spacial score (nSPS) is 12.5. The van der Waals surface area contributed by atoms with Gasteiger partial charge in [-0.15, -0.1) is 0 Å². The summed E-state index contributed by atoms with van der Waals surface area (Å²) in [5.74, 6) is -0.107. The third kappa shape index (κ3) is 3.73. The van der Waals surface area contributed by atoms with Crippen LogP contribution in [0, 0.1) is 0 Å². The molecular weight excluding hydrogens is 396 g/mol. The molecule has 31 heavy (non-hydrogen) atoms. The standard InChI is InChI=1S/C24H20N2O5/c1-30-20-9-6-10-21(31-2)19(20)14-26-23(28)17-12-11-16(13-18(17)24(26)29)25-22(27)15-7-4-3-5-8-15/h3-13H,14H2,1-2H3,(H,25,27). The van der Waals surface area contributed by atoms with Crippen LogP contribution in [0.4, 0.5) is 5.69 Å². The van der Waals surface area contributed by atoms with Gasteiger partial charge in [-0.3, -0.25) is 19.3 Å². The van der Waals surface area contributed by atoms with Gasteiger partial charge in [0.15, 0.2) is 0 Å². The van der Waals surface area contributed by atoms with Gasteiger partial charge in [-0.2, -0.15) is 0 Å². The first-order valence-corrected chi connectivity index (χ1v) is 9.60. The van der Waals surface area contributed by atoms with Crippen molar-refractivity contribution in [3.05, 3.63) is 89.0 Å². The number of nitrogens with one attached hydrogen (secondary N) is 1. The van der Waals surface area contributed by atoms with Crippen LogP contribution in [0.2, 0.25) is 0 Å². The Hall–Kier alpha value is -4.13. The lowest BCUT2D eigenvalue weighted by Gasteiger charge is -2.18. The summed E-state index contributed by atoms with van der Waals surface area (Å²) in [4.78, 5) is 39.5. The summed E-state index contributed by atoms with van der Waals surface area (Å²) < 4.78 is 10.7. The molecule has 156 valence electrons. The highest BCUT2D eigenvalue weighted by Gasteiger charge is 2.36. The SMILES string of the molecule is COc1cccc(OC)c1CN1C(=O)c2ccc(NC(=O)c3ccccc3)cc2C1=O. The Morgan fingerprint density at radius 2 is 1.48 bits per heavy atom. The van der Waals surface area contributed by atoms with E-state index in [0.717, 1.165) is 4.90 Å². The van der Waals surface area contributed by atoms with Crippen LogP contribution in [0.25, 0.3) is 0 Å². The molecule has 1 heterocycles. The third-order valence-corrected chi connectivity index (χ3v) is 5.11. The van der Waals surface area contributed by atoms with E-state index >= 15 is 0 Å². The summed E-state index contributed by atoms with van der Waals surface area (Å²) in [6.07, 6.45) is 0. The molecule has 1 aliphatic heterocycles. The maximum absolute atomic E-state index is 13.0. The fourth-order valence-electron chi connectivity index (χ4n) is 3.55. The van der Waals surface area contributed by atoms with E-state index in [1.807, 2.05) is 6.07 Å². The molecule has 7 heteroatoms. The number of rotatable bonds is 6. The molecule has 3 aromatic carbocycles. The second-order valence-corrected chi connectivity index (χ2v) is 6.92. The molecule has 3 amide bonds. The molecule has 7 nitrogen and oxygen atoms in total. The number of benzene rings is 3. The zero-order valence-corrected chi connectivity index (χ0v) is 17.0. The van der Waals surface area contributed by atoms with Gasteiger partial charge in [-0.25, -0.2) is 0 Å². The lowest BCUT2D eigenvalue weighted by molar-refractivity contribution is 0.0640. The van der Waals surface area contributed by atoms with Crippen LogP contribution in [-0.2, 0) is 6.54 Å². The monoisotopic (exact) mass is 416 g/mol. The van der Waals surface area contributed by atoms with E-state index in [-0.39, 0.29) is 23.6 Å². The topological polar surface area (TPSA) is 84.9 Å². The first-order chi connectivity index (χ1) is 15.0. The van der Waals surface area contributed by atoms with Crippen molar-refractivity contribution in [3.8, 4) is 11.5 Å². The maximum atomic E-state index is 13.0. The minimum Gasteiger partial charge on any atom is -0.496 e. The first-order valence-electron chi connectivity index (χ1n) is 9.60. The molecule has 0 radical (unpaired) electrons. The Morgan fingerprint density at radius 3 is 2.13 bits per heavy atom. The van der Waals surface area contributed by atoms with E-state index < -0.39 is 11.8 Å². The number of carbonyl (C=O) groups excluding carboxylic acids is 3. The Morgan fingerprint density at radius 1 is 0.839 bits per heavy atom. The Balaban J connectivity index is 1.60. The number of hydrogen-bond donors (Lipinski definition) is 1. The molecule has 0 aliphatic carbocycles. The lowest BCUT2D eigenvalue weighted by atomic mass is 10.1. The number of carbonyl (C=O) groups is 3. The van der Waals surface area contributed by atoms with Gasteiger partial charge >= 0.3 is 0 Å². The molecule has 0 atom stereocenters. The Labute approximate surface area is 179 Å². The number of imide groups is 1. The van der Waals surface area contributed by atoms with E-state index in [2.05, 4.69) is 5.32 Å². The Bertz CT molecular complexity index is 1150. The maximum Gasteiger partial charge on any atom is 0.261 e. The second kappa shape index (κ2) is 8.31. The molecule has 4 rings (SSSR count). The number of hydrogen-bond acceptors (Lipinski definition) is 5. The van der Waals surface area contributed by atoms with Gasteiger partial charge < -0.3 is 14.8 Å². The largest absolute Gasteiger partial charge is 0.496 e. The Kier molecular flexibility index (Phi) is 5.41. The average Bonchev–Trinajstić information content (AvgIpc) is 3.04. The summed E-state index contributed by atoms with van der Waals surface area (Å²) >= 11 is 0. The number of methoxy groups -OCH3 is 2. The molecule has 0 spiro atoms. The number of anilines is 1. The minimum atomic E-state index is -0.441. The molecule has 3 aromatic rings. The fraction of sp³-hybridized carbons (Fsp3) is 0.125. The van der Waals surface area contributed by atoms with Crippen LogP contribution in [0.15, 0.2) is 66.7 Å². The highest BCUT2D eigenvalue weighted by atomic mass is 16.5. The lowest BCUT2D eigenvalue weighted by Crippen LogP contribution is -2.29. The van der Waals surface area contributed by atoms with E-state index in [1.165, 1.54) is 20.3 Å². The van der Waals surface area contributed by atoms with Gasteiger partial charge in [0.25, 0.3) is 17.7 Å². The molecule has 0 saturated heterocycles. The van der Waals surface area contributed by atoms with E-state index in [4.69, 9.17) is 9.47 Å². The highest BCUT2D eigenvalue weighted by molar-refractivity contribution is 6.22. The number of ether oxygens (including phenoxy) is 2. The zero-order chi connectivity index (χ0) is 22.0. The van der Waals surface area contributed by atoms with Crippen molar-refractivity contribution < 1.29 is 23.9 Å². The summed E-state index contributed by atoms with van der Waals surface area (Å²) in [7, 11) is 3.03. The number of fused-ring (bicyclic) bond motifs is 1.